The first-order valence-corrected chi connectivity index (χ1v) is 8.86. The van der Waals surface area contributed by atoms with Crippen LogP contribution in [-0.4, -0.2) is 6.54 Å². The van der Waals surface area contributed by atoms with Gasteiger partial charge in [-0.05, 0) is 50.1 Å². The number of rotatable bonds is 6. The van der Waals surface area contributed by atoms with Gasteiger partial charge >= 0.3 is 0 Å². The smallest absolute Gasteiger partial charge is 0.0412 e. The summed E-state index contributed by atoms with van der Waals surface area (Å²) >= 11 is 5.58. The van der Waals surface area contributed by atoms with E-state index in [2.05, 4.69) is 72.3 Å². The summed E-state index contributed by atoms with van der Waals surface area (Å²) in [6.07, 6.45) is 2.31. The molecule has 1 heterocycles. The molecule has 0 bridgehead atoms. The molecule has 1 nitrogen and oxygen atoms in total. The molecule has 0 saturated heterocycles. The molecule has 1 atom stereocenters. The zero-order valence-corrected chi connectivity index (χ0v) is 14.8. The lowest BCUT2D eigenvalue weighted by atomic mass is 10.1. The van der Waals surface area contributed by atoms with E-state index in [1.54, 1.807) is 0 Å². The van der Waals surface area contributed by atoms with Crippen LogP contribution in [0, 0.1) is 6.92 Å². The van der Waals surface area contributed by atoms with E-state index in [0.717, 1.165) is 13.0 Å². The molecule has 1 N–H and O–H groups in total. The normalized spacial score (nSPS) is 12.6. The van der Waals surface area contributed by atoms with E-state index >= 15 is 0 Å². The van der Waals surface area contributed by atoms with Crippen LogP contribution in [0.5, 0.6) is 0 Å². The highest BCUT2D eigenvalue weighted by Gasteiger charge is 2.13. The van der Waals surface area contributed by atoms with Gasteiger partial charge in [-0.1, -0.05) is 41.9 Å². The maximum atomic E-state index is 3.68. The average Bonchev–Trinajstić information content (AvgIpc) is 2.89. The van der Waals surface area contributed by atoms with Crippen molar-refractivity contribution in [3.05, 3.63) is 45.2 Å². The highest BCUT2D eigenvalue weighted by molar-refractivity contribution is 9.10. The molecule has 3 heteroatoms. The Morgan fingerprint density at radius 2 is 2.00 bits per heavy atom. The van der Waals surface area contributed by atoms with Crippen LogP contribution in [0.2, 0.25) is 0 Å². The summed E-state index contributed by atoms with van der Waals surface area (Å²) in [5, 5.41) is 3.62. The van der Waals surface area contributed by atoms with Crippen molar-refractivity contribution in [1.82, 2.24) is 5.32 Å². The van der Waals surface area contributed by atoms with Gasteiger partial charge in [0.1, 0.15) is 0 Å². The minimum Gasteiger partial charge on any atom is -0.309 e. The van der Waals surface area contributed by atoms with Crippen LogP contribution < -0.4 is 5.32 Å². The minimum atomic E-state index is 0.484. The number of benzene rings is 1. The molecule has 0 amide bonds. The quantitative estimate of drug-likeness (QED) is 0.679. The monoisotopic (exact) mass is 351 g/mol. The first-order valence-electron chi connectivity index (χ1n) is 7.25. The average molecular weight is 352 g/mol. The molecule has 0 aliphatic heterocycles. The second-order valence-electron chi connectivity index (χ2n) is 5.10. The minimum absolute atomic E-state index is 0.484. The predicted molar refractivity (Wildman–Crippen MR) is 93.5 cm³/mol. The van der Waals surface area contributed by atoms with E-state index < -0.39 is 0 Å². The third kappa shape index (κ3) is 3.72. The fourth-order valence-corrected chi connectivity index (χ4v) is 4.31. The zero-order chi connectivity index (χ0) is 14.5. The van der Waals surface area contributed by atoms with Gasteiger partial charge in [-0.15, -0.1) is 11.3 Å². The molecule has 0 aliphatic rings. The van der Waals surface area contributed by atoms with Gasteiger partial charge in [0.2, 0.25) is 0 Å². The maximum absolute atomic E-state index is 3.68. The van der Waals surface area contributed by atoms with E-state index in [4.69, 9.17) is 0 Å². The Morgan fingerprint density at radius 1 is 1.20 bits per heavy atom. The van der Waals surface area contributed by atoms with Gasteiger partial charge in [-0.3, -0.25) is 0 Å². The molecule has 0 fully saturated rings. The van der Waals surface area contributed by atoms with E-state index in [0.29, 0.717) is 6.04 Å². The van der Waals surface area contributed by atoms with Crippen LogP contribution in [0.15, 0.2) is 34.8 Å². The van der Waals surface area contributed by atoms with Gasteiger partial charge in [0.15, 0.2) is 0 Å². The summed E-state index contributed by atoms with van der Waals surface area (Å²) in [6.45, 7) is 7.66. The molecule has 20 heavy (non-hydrogen) atoms. The summed E-state index contributed by atoms with van der Waals surface area (Å²) in [7, 11) is 0. The van der Waals surface area contributed by atoms with Crippen molar-refractivity contribution in [2.75, 3.05) is 6.54 Å². The van der Waals surface area contributed by atoms with E-state index in [1.165, 1.54) is 31.8 Å². The lowest BCUT2D eigenvalue weighted by molar-refractivity contribution is 0.525. The van der Waals surface area contributed by atoms with Crippen molar-refractivity contribution in [3.8, 4) is 10.4 Å². The second-order valence-corrected chi connectivity index (χ2v) is 7.07. The van der Waals surface area contributed by atoms with Crippen LogP contribution in [0.1, 0.15) is 43.2 Å². The molecule has 1 aromatic heterocycles. The van der Waals surface area contributed by atoms with Gasteiger partial charge in [0.25, 0.3) is 0 Å². The molecule has 2 aromatic rings. The Labute approximate surface area is 134 Å². The van der Waals surface area contributed by atoms with Crippen LogP contribution in [0.3, 0.4) is 0 Å². The van der Waals surface area contributed by atoms with Crippen molar-refractivity contribution >= 4 is 27.3 Å². The number of hydrogen-bond acceptors (Lipinski definition) is 2. The standard InChI is InChI=1S/C17H22BrNS/c1-4-10-19-15(5-2)17-9-8-16(20-17)13-7-6-12(3)11-14(13)18/h6-9,11,15,19H,4-5,10H2,1-3H3. The maximum Gasteiger partial charge on any atom is 0.0412 e. The van der Waals surface area contributed by atoms with Crippen molar-refractivity contribution in [1.29, 1.82) is 0 Å². The van der Waals surface area contributed by atoms with E-state index in [9.17, 15) is 0 Å². The van der Waals surface area contributed by atoms with Gasteiger partial charge < -0.3 is 5.32 Å². The predicted octanol–water partition coefficient (Wildman–Crippen LogP) is 5.94. The Hall–Kier alpha value is -0.640. The van der Waals surface area contributed by atoms with Crippen LogP contribution in [0.25, 0.3) is 10.4 Å². The summed E-state index contributed by atoms with van der Waals surface area (Å²) in [5.41, 5.74) is 2.57. The Kier molecular flexibility index (Phi) is 5.82. The lowest BCUT2D eigenvalue weighted by Gasteiger charge is -2.14. The largest absolute Gasteiger partial charge is 0.309 e. The molecule has 108 valence electrons. The van der Waals surface area contributed by atoms with Crippen molar-refractivity contribution in [2.24, 2.45) is 0 Å². The molecule has 1 unspecified atom stereocenters. The molecule has 0 saturated carbocycles. The molecule has 1 aromatic carbocycles. The van der Waals surface area contributed by atoms with Crippen LogP contribution >= 0.6 is 27.3 Å². The molecular weight excluding hydrogens is 330 g/mol. The Morgan fingerprint density at radius 3 is 2.65 bits per heavy atom. The van der Waals surface area contributed by atoms with Gasteiger partial charge in [-0.25, -0.2) is 0 Å². The van der Waals surface area contributed by atoms with Crippen LogP contribution in [0.4, 0.5) is 0 Å². The number of aryl methyl sites for hydroxylation is 1. The molecule has 0 aliphatic carbocycles. The van der Waals surface area contributed by atoms with E-state index in [-0.39, 0.29) is 0 Å². The van der Waals surface area contributed by atoms with Crippen molar-refractivity contribution in [2.45, 2.75) is 39.7 Å². The molecule has 2 rings (SSSR count). The zero-order valence-electron chi connectivity index (χ0n) is 12.4. The third-order valence-corrected chi connectivity index (χ3v) is 5.30. The number of halogens is 1. The molecule has 0 spiro atoms. The number of hydrogen-bond donors (Lipinski definition) is 1. The molecule has 0 radical (unpaired) electrons. The van der Waals surface area contributed by atoms with Crippen molar-refractivity contribution in [3.63, 3.8) is 0 Å². The summed E-state index contributed by atoms with van der Waals surface area (Å²) in [4.78, 5) is 2.77. The summed E-state index contributed by atoms with van der Waals surface area (Å²) < 4.78 is 1.18. The summed E-state index contributed by atoms with van der Waals surface area (Å²) in [5.74, 6) is 0. The summed E-state index contributed by atoms with van der Waals surface area (Å²) in [6, 6.07) is 11.6. The van der Waals surface area contributed by atoms with Crippen LogP contribution in [-0.2, 0) is 0 Å². The first-order chi connectivity index (χ1) is 9.65. The fourth-order valence-electron chi connectivity index (χ4n) is 2.27. The number of thiophene rings is 1. The van der Waals surface area contributed by atoms with Gasteiger partial charge in [0, 0.05) is 25.8 Å². The Balaban J connectivity index is 2.23. The first kappa shape index (κ1) is 15.7. The van der Waals surface area contributed by atoms with Gasteiger partial charge in [-0.2, -0.15) is 0 Å². The highest BCUT2D eigenvalue weighted by Crippen LogP contribution is 2.36. The Bertz CT molecular complexity index is 562. The second kappa shape index (κ2) is 7.39. The highest BCUT2D eigenvalue weighted by atomic mass is 79.9. The third-order valence-electron chi connectivity index (χ3n) is 3.41. The lowest BCUT2D eigenvalue weighted by Crippen LogP contribution is -2.20. The SMILES string of the molecule is CCCNC(CC)c1ccc(-c2ccc(C)cc2Br)s1. The van der Waals surface area contributed by atoms with Gasteiger partial charge in [0.05, 0.1) is 0 Å². The number of nitrogens with one attached hydrogen (secondary N) is 1. The topological polar surface area (TPSA) is 12.0 Å². The van der Waals surface area contributed by atoms with Crippen molar-refractivity contribution < 1.29 is 0 Å². The van der Waals surface area contributed by atoms with E-state index in [1.807, 2.05) is 11.3 Å². The molecular formula is C17H22BrNS. The fraction of sp³-hybridized carbons (Fsp3) is 0.412.